The van der Waals surface area contributed by atoms with Crippen LogP contribution in [0.5, 0.6) is 0 Å². The van der Waals surface area contributed by atoms with E-state index >= 15 is 0 Å². The zero-order valence-corrected chi connectivity index (χ0v) is 14.9. The van der Waals surface area contributed by atoms with Crippen molar-refractivity contribution in [2.24, 2.45) is 0 Å². The van der Waals surface area contributed by atoms with Crippen LogP contribution in [0.2, 0.25) is 0 Å². The van der Waals surface area contributed by atoms with Crippen molar-refractivity contribution in [3.63, 3.8) is 0 Å². The number of imidazole rings is 1. The molecule has 1 aromatic heterocycles. The van der Waals surface area contributed by atoms with Gasteiger partial charge in [-0.3, -0.25) is 4.79 Å². The van der Waals surface area contributed by atoms with E-state index in [0.29, 0.717) is 26.3 Å². The van der Waals surface area contributed by atoms with Gasteiger partial charge in [-0.1, -0.05) is 42.5 Å². The highest BCUT2D eigenvalue weighted by Gasteiger charge is 2.10. The quantitative estimate of drug-likeness (QED) is 0.501. The molecule has 0 bridgehead atoms. The molecule has 0 saturated carbocycles. The van der Waals surface area contributed by atoms with Crippen LogP contribution in [0.4, 0.5) is 0 Å². The SMILES string of the molecule is CCOCCn1c(CNC(=O)/C=C\c2ccccc2)nc2ccccc21. The van der Waals surface area contributed by atoms with Crippen molar-refractivity contribution in [1.29, 1.82) is 0 Å². The molecule has 0 unspecified atom stereocenters. The molecule has 0 aliphatic heterocycles. The van der Waals surface area contributed by atoms with Crippen LogP contribution in [0.25, 0.3) is 17.1 Å². The number of carbonyl (C=O) groups is 1. The summed E-state index contributed by atoms with van der Waals surface area (Å²) in [5.74, 6) is 0.685. The fourth-order valence-corrected chi connectivity index (χ4v) is 2.77. The summed E-state index contributed by atoms with van der Waals surface area (Å²) in [6.07, 6.45) is 3.34. The molecule has 1 amide bonds. The molecule has 3 aromatic rings. The number of amides is 1. The molecule has 134 valence electrons. The smallest absolute Gasteiger partial charge is 0.244 e. The second kappa shape index (κ2) is 8.97. The maximum Gasteiger partial charge on any atom is 0.244 e. The Morgan fingerprint density at radius 3 is 2.73 bits per heavy atom. The lowest BCUT2D eigenvalue weighted by atomic mass is 10.2. The van der Waals surface area contributed by atoms with Crippen LogP contribution in [0.1, 0.15) is 18.3 Å². The zero-order chi connectivity index (χ0) is 18.2. The van der Waals surface area contributed by atoms with E-state index in [0.717, 1.165) is 22.4 Å². The van der Waals surface area contributed by atoms with Gasteiger partial charge in [-0.25, -0.2) is 4.98 Å². The molecule has 0 aliphatic carbocycles. The number of fused-ring (bicyclic) bond motifs is 1. The minimum absolute atomic E-state index is 0.141. The van der Waals surface area contributed by atoms with Gasteiger partial charge in [0, 0.05) is 19.2 Å². The molecule has 0 fully saturated rings. The Morgan fingerprint density at radius 1 is 1.15 bits per heavy atom. The summed E-state index contributed by atoms with van der Waals surface area (Å²) in [4.78, 5) is 16.8. The molecular weight excluding hydrogens is 326 g/mol. The normalized spacial score (nSPS) is 11.3. The predicted octanol–water partition coefficient (Wildman–Crippen LogP) is 3.40. The molecule has 5 heteroatoms. The number of para-hydroxylation sites is 2. The fourth-order valence-electron chi connectivity index (χ4n) is 2.77. The van der Waals surface area contributed by atoms with Crippen molar-refractivity contribution >= 4 is 23.0 Å². The first-order chi connectivity index (χ1) is 12.8. The Bertz CT molecular complexity index is 885. The Kier molecular flexibility index (Phi) is 6.17. The topological polar surface area (TPSA) is 56.1 Å². The number of hydrogen-bond acceptors (Lipinski definition) is 3. The van der Waals surface area contributed by atoms with Crippen molar-refractivity contribution in [3.05, 3.63) is 72.1 Å². The summed E-state index contributed by atoms with van der Waals surface area (Å²) in [6.45, 7) is 4.36. The molecule has 0 radical (unpaired) electrons. The molecule has 0 aliphatic rings. The molecule has 1 heterocycles. The van der Waals surface area contributed by atoms with Crippen LogP contribution >= 0.6 is 0 Å². The van der Waals surface area contributed by atoms with Crippen LogP contribution in [0.3, 0.4) is 0 Å². The van der Waals surface area contributed by atoms with Crippen LogP contribution in [0, 0.1) is 0 Å². The third-order valence-electron chi connectivity index (χ3n) is 4.04. The first kappa shape index (κ1) is 17.9. The number of ether oxygens (including phenoxy) is 1. The first-order valence-electron chi connectivity index (χ1n) is 8.81. The number of rotatable bonds is 8. The summed E-state index contributed by atoms with van der Waals surface area (Å²) in [5, 5.41) is 2.91. The van der Waals surface area contributed by atoms with E-state index < -0.39 is 0 Å². The number of nitrogens with zero attached hydrogens (tertiary/aromatic N) is 2. The van der Waals surface area contributed by atoms with E-state index in [9.17, 15) is 4.79 Å². The highest BCUT2D eigenvalue weighted by molar-refractivity contribution is 5.91. The maximum atomic E-state index is 12.1. The highest BCUT2D eigenvalue weighted by Crippen LogP contribution is 2.16. The van der Waals surface area contributed by atoms with Gasteiger partial charge in [-0.15, -0.1) is 0 Å². The minimum atomic E-state index is -0.141. The van der Waals surface area contributed by atoms with Gasteiger partial charge in [0.1, 0.15) is 5.82 Å². The van der Waals surface area contributed by atoms with Gasteiger partial charge in [0.25, 0.3) is 0 Å². The minimum Gasteiger partial charge on any atom is -0.380 e. The van der Waals surface area contributed by atoms with Crippen LogP contribution < -0.4 is 5.32 Å². The lowest BCUT2D eigenvalue weighted by Crippen LogP contribution is -2.23. The van der Waals surface area contributed by atoms with Crippen LogP contribution in [-0.2, 0) is 22.6 Å². The molecule has 0 spiro atoms. The zero-order valence-electron chi connectivity index (χ0n) is 14.9. The number of hydrogen-bond donors (Lipinski definition) is 1. The molecule has 2 aromatic carbocycles. The Balaban J connectivity index is 1.68. The van der Waals surface area contributed by atoms with E-state index in [-0.39, 0.29) is 5.91 Å². The van der Waals surface area contributed by atoms with Crippen LogP contribution in [-0.4, -0.2) is 28.7 Å². The number of aromatic nitrogens is 2. The number of carbonyl (C=O) groups excluding carboxylic acids is 1. The molecule has 26 heavy (non-hydrogen) atoms. The molecule has 5 nitrogen and oxygen atoms in total. The van der Waals surface area contributed by atoms with Gasteiger partial charge >= 0.3 is 0 Å². The van der Waals surface area contributed by atoms with Crippen molar-refractivity contribution in [2.75, 3.05) is 13.2 Å². The largest absolute Gasteiger partial charge is 0.380 e. The third-order valence-corrected chi connectivity index (χ3v) is 4.04. The van der Waals surface area contributed by atoms with Crippen molar-refractivity contribution in [2.45, 2.75) is 20.0 Å². The monoisotopic (exact) mass is 349 g/mol. The van der Waals surface area contributed by atoms with Crippen molar-refractivity contribution in [1.82, 2.24) is 14.9 Å². The fraction of sp³-hybridized carbons (Fsp3) is 0.238. The summed E-state index contributed by atoms with van der Waals surface area (Å²) in [7, 11) is 0. The van der Waals surface area contributed by atoms with Crippen molar-refractivity contribution in [3.8, 4) is 0 Å². The lowest BCUT2D eigenvalue weighted by molar-refractivity contribution is -0.116. The first-order valence-corrected chi connectivity index (χ1v) is 8.81. The van der Waals surface area contributed by atoms with Gasteiger partial charge < -0.3 is 14.6 Å². The van der Waals surface area contributed by atoms with E-state index in [2.05, 4.69) is 14.9 Å². The summed E-state index contributed by atoms with van der Waals surface area (Å²) < 4.78 is 7.58. The van der Waals surface area contributed by atoms with Gasteiger partial charge in [-0.05, 0) is 30.7 Å². The molecule has 1 N–H and O–H groups in total. The third kappa shape index (κ3) is 4.58. The lowest BCUT2D eigenvalue weighted by Gasteiger charge is -2.09. The van der Waals surface area contributed by atoms with Crippen molar-refractivity contribution < 1.29 is 9.53 Å². The Morgan fingerprint density at radius 2 is 1.92 bits per heavy atom. The average Bonchev–Trinajstić information content (AvgIpc) is 3.03. The van der Waals surface area contributed by atoms with Gasteiger partial charge in [0.2, 0.25) is 5.91 Å². The molecule has 0 atom stereocenters. The summed E-state index contributed by atoms with van der Waals surface area (Å²) in [5.41, 5.74) is 2.97. The second-order valence-corrected chi connectivity index (χ2v) is 5.83. The Labute approximate surface area is 153 Å². The number of benzene rings is 2. The van der Waals surface area contributed by atoms with E-state index in [1.807, 2.05) is 61.5 Å². The van der Waals surface area contributed by atoms with E-state index in [1.54, 1.807) is 12.2 Å². The Hall–Kier alpha value is -2.92. The molecule has 3 rings (SSSR count). The number of nitrogens with one attached hydrogen (secondary N) is 1. The predicted molar refractivity (Wildman–Crippen MR) is 104 cm³/mol. The average molecular weight is 349 g/mol. The maximum absolute atomic E-state index is 12.1. The van der Waals surface area contributed by atoms with E-state index in [1.165, 1.54) is 0 Å². The van der Waals surface area contributed by atoms with Gasteiger partial charge in [0.15, 0.2) is 0 Å². The van der Waals surface area contributed by atoms with Gasteiger partial charge in [-0.2, -0.15) is 0 Å². The summed E-state index contributed by atoms with van der Waals surface area (Å²) >= 11 is 0. The van der Waals surface area contributed by atoms with Crippen LogP contribution in [0.15, 0.2) is 60.7 Å². The summed E-state index contributed by atoms with van der Waals surface area (Å²) in [6, 6.07) is 17.7. The molecular formula is C21H23N3O2. The van der Waals surface area contributed by atoms with E-state index in [4.69, 9.17) is 4.74 Å². The molecule has 0 saturated heterocycles. The second-order valence-electron chi connectivity index (χ2n) is 5.83. The van der Waals surface area contributed by atoms with Gasteiger partial charge in [0.05, 0.1) is 24.2 Å². The standard InChI is InChI=1S/C21H23N3O2/c1-2-26-15-14-24-19-11-7-6-10-18(19)23-20(24)16-22-21(25)13-12-17-8-4-3-5-9-17/h3-13H,2,14-16H2,1H3,(H,22,25)/b13-12-. The highest BCUT2D eigenvalue weighted by atomic mass is 16.5.